The Labute approximate surface area is 108 Å². The van der Waals surface area contributed by atoms with Gasteiger partial charge in [0.05, 0.1) is 12.2 Å². The monoisotopic (exact) mass is 265 g/mol. The van der Waals surface area contributed by atoms with Crippen LogP contribution in [-0.2, 0) is 4.74 Å². The maximum atomic E-state index is 11.8. The fraction of sp³-hybridized carbons (Fsp3) is 0.417. The molecule has 2 aromatic heterocycles. The van der Waals surface area contributed by atoms with E-state index in [1.54, 1.807) is 20.8 Å². The maximum Gasteiger partial charge on any atom is 0.358 e. The summed E-state index contributed by atoms with van der Waals surface area (Å²) in [5.74, 6) is -1.02. The van der Waals surface area contributed by atoms with Gasteiger partial charge < -0.3 is 14.8 Å². The van der Waals surface area contributed by atoms with E-state index < -0.39 is 11.5 Å². The van der Waals surface area contributed by atoms with Gasteiger partial charge in [-0.3, -0.25) is 4.79 Å². The third kappa shape index (κ3) is 2.18. The minimum atomic E-state index is -0.599. The van der Waals surface area contributed by atoms with E-state index in [1.165, 1.54) is 6.07 Å². The van der Waals surface area contributed by atoms with Crippen molar-refractivity contribution in [1.29, 1.82) is 0 Å². The summed E-state index contributed by atoms with van der Waals surface area (Å²) >= 11 is 0. The Kier molecular flexibility index (Phi) is 3.28. The highest BCUT2D eigenvalue weighted by Gasteiger charge is 2.19. The van der Waals surface area contributed by atoms with Crippen molar-refractivity contribution in [2.75, 3.05) is 6.61 Å². The molecule has 7 heteroatoms. The van der Waals surface area contributed by atoms with Gasteiger partial charge in [0, 0.05) is 6.07 Å². The van der Waals surface area contributed by atoms with E-state index in [2.05, 4.69) is 10.1 Å². The number of rotatable bonds is 3. The molecule has 0 bridgehead atoms. The van der Waals surface area contributed by atoms with Crippen LogP contribution in [0.3, 0.4) is 0 Å². The normalized spacial score (nSPS) is 11.2. The van der Waals surface area contributed by atoms with Crippen LogP contribution in [0.2, 0.25) is 0 Å². The summed E-state index contributed by atoms with van der Waals surface area (Å²) in [7, 11) is 0. The van der Waals surface area contributed by atoms with Gasteiger partial charge in [0.15, 0.2) is 5.69 Å². The number of nitrogens with one attached hydrogen (secondary N) is 1. The maximum absolute atomic E-state index is 11.8. The van der Waals surface area contributed by atoms with Crippen LogP contribution < -0.4 is 5.56 Å². The molecular weight excluding hydrogens is 250 g/mol. The van der Waals surface area contributed by atoms with Crippen molar-refractivity contribution < 1.29 is 14.6 Å². The smallest absolute Gasteiger partial charge is 0.358 e. The van der Waals surface area contributed by atoms with Gasteiger partial charge >= 0.3 is 5.97 Å². The molecule has 0 amide bonds. The molecule has 0 saturated carbocycles. The molecule has 2 aromatic rings. The second-order valence-corrected chi connectivity index (χ2v) is 4.39. The van der Waals surface area contributed by atoms with E-state index in [4.69, 9.17) is 4.74 Å². The second-order valence-electron chi connectivity index (χ2n) is 4.39. The predicted molar refractivity (Wildman–Crippen MR) is 67.5 cm³/mol. The lowest BCUT2D eigenvalue weighted by atomic mass is 10.1. The number of ether oxygens (including phenoxy) is 1. The topological polar surface area (TPSA) is 96.7 Å². The van der Waals surface area contributed by atoms with Crippen LogP contribution in [-0.4, -0.2) is 32.3 Å². The predicted octanol–water partition coefficient (Wildman–Crippen LogP) is 1.03. The number of esters is 1. The molecule has 0 aliphatic rings. The molecule has 2 heterocycles. The van der Waals surface area contributed by atoms with Crippen molar-refractivity contribution in [3.05, 3.63) is 27.7 Å². The Morgan fingerprint density at radius 1 is 1.58 bits per heavy atom. The van der Waals surface area contributed by atoms with Gasteiger partial charge in [-0.25, -0.2) is 4.79 Å². The average molecular weight is 265 g/mol. The van der Waals surface area contributed by atoms with Gasteiger partial charge in [-0.15, -0.1) is 0 Å². The highest BCUT2D eigenvalue weighted by molar-refractivity contribution is 5.88. The van der Waals surface area contributed by atoms with Crippen LogP contribution in [0.1, 0.15) is 42.7 Å². The zero-order valence-corrected chi connectivity index (χ0v) is 10.9. The molecule has 0 spiro atoms. The van der Waals surface area contributed by atoms with Crippen LogP contribution in [0.25, 0.3) is 5.65 Å². The molecule has 0 unspecified atom stereocenters. The van der Waals surface area contributed by atoms with E-state index in [-0.39, 0.29) is 35.3 Å². The van der Waals surface area contributed by atoms with Gasteiger partial charge in [-0.1, -0.05) is 13.8 Å². The van der Waals surface area contributed by atoms with Gasteiger partial charge in [0.1, 0.15) is 5.65 Å². The summed E-state index contributed by atoms with van der Waals surface area (Å²) in [5, 5.41) is 14.0. The van der Waals surface area contributed by atoms with Crippen LogP contribution in [0.4, 0.5) is 0 Å². The Bertz CT molecular complexity index is 684. The number of aromatic amines is 1. The summed E-state index contributed by atoms with van der Waals surface area (Å²) in [4.78, 5) is 26.0. The summed E-state index contributed by atoms with van der Waals surface area (Å²) < 4.78 is 5.94. The first-order valence-corrected chi connectivity index (χ1v) is 5.97. The standard InChI is InChI=1S/C12H15N3O4/c1-4-19-12(18)7-5-8-13-10(16)9(6(2)3)11(17)15(8)14-7/h5-6,17H,4H2,1-3H3,(H,13,16). The summed E-state index contributed by atoms with van der Waals surface area (Å²) in [6.45, 7) is 5.48. The molecule has 0 aromatic carbocycles. The van der Waals surface area contributed by atoms with Crippen LogP contribution in [0.15, 0.2) is 10.9 Å². The fourth-order valence-electron chi connectivity index (χ4n) is 1.86. The molecule has 7 nitrogen and oxygen atoms in total. The van der Waals surface area contributed by atoms with E-state index in [0.717, 1.165) is 4.52 Å². The highest BCUT2D eigenvalue weighted by Crippen LogP contribution is 2.22. The van der Waals surface area contributed by atoms with Gasteiger partial charge in [0.25, 0.3) is 5.56 Å². The third-order valence-corrected chi connectivity index (χ3v) is 2.70. The van der Waals surface area contributed by atoms with Crippen molar-refractivity contribution in [3.63, 3.8) is 0 Å². The number of carbonyl (C=O) groups is 1. The minimum absolute atomic E-state index is 0.0358. The molecule has 0 fully saturated rings. The average Bonchev–Trinajstić information content (AvgIpc) is 2.72. The lowest BCUT2D eigenvalue weighted by Gasteiger charge is -2.07. The molecule has 0 radical (unpaired) electrons. The minimum Gasteiger partial charge on any atom is -0.493 e. The number of aromatic nitrogens is 3. The van der Waals surface area contributed by atoms with Crippen molar-refractivity contribution in [1.82, 2.24) is 14.6 Å². The number of H-pyrrole nitrogens is 1. The van der Waals surface area contributed by atoms with Crippen molar-refractivity contribution in [2.24, 2.45) is 0 Å². The lowest BCUT2D eigenvalue weighted by molar-refractivity contribution is 0.0519. The van der Waals surface area contributed by atoms with E-state index in [9.17, 15) is 14.7 Å². The number of aromatic hydroxyl groups is 1. The summed E-state index contributed by atoms with van der Waals surface area (Å²) in [6, 6.07) is 1.36. The first-order valence-electron chi connectivity index (χ1n) is 5.97. The van der Waals surface area contributed by atoms with Crippen LogP contribution in [0.5, 0.6) is 5.88 Å². The Morgan fingerprint density at radius 3 is 2.84 bits per heavy atom. The Morgan fingerprint density at radius 2 is 2.26 bits per heavy atom. The molecule has 0 aliphatic carbocycles. The summed E-state index contributed by atoms with van der Waals surface area (Å²) in [5.41, 5.74) is 0.116. The van der Waals surface area contributed by atoms with E-state index in [0.29, 0.717) is 0 Å². The first kappa shape index (κ1) is 13.1. The number of nitrogens with zero attached hydrogens (tertiary/aromatic N) is 2. The van der Waals surface area contributed by atoms with Crippen molar-refractivity contribution in [2.45, 2.75) is 26.7 Å². The van der Waals surface area contributed by atoms with E-state index in [1.807, 2.05) is 0 Å². The molecule has 0 saturated heterocycles. The Hall–Kier alpha value is -2.31. The molecular formula is C12H15N3O4. The number of carbonyl (C=O) groups excluding carboxylic acids is 1. The second kappa shape index (κ2) is 4.75. The lowest BCUT2D eigenvalue weighted by Crippen LogP contribution is -2.16. The van der Waals surface area contributed by atoms with Gasteiger partial charge in [0.2, 0.25) is 5.88 Å². The van der Waals surface area contributed by atoms with Crippen molar-refractivity contribution in [3.8, 4) is 5.88 Å². The third-order valence-electron chi connectivity index (χ3n) is 2.70. The zero-order valence-electron chi connectivity index (χ0n) is 10.9. The molecule has 2 rings (SSSR count). The molecule has 102 valence electrons. The number of hydrogen-bond donors (Lipinski definition) is 2. The Balaban J connectivity index is 2.64. The van der Waals surface area contributed by atoms with Gasteiger partial charge in [-0.05, 0) is 12.8 Å². The number of hydrogen-bond acceptors (Lipinski definition) is 5. The van der Waals surface area contributed by atoms with Crippen LogP contribution in [0, 0.1) is 0 Å². The van der Waals surface area contributed by atoms with E-state index >= 15 is 0 Å². The van der Waals surface area contributed by atoms with Crippen LogP contribution >= 0.6 is 0 Å². The summed E-state index contributed by atoms with van der Waals surface area (Å²) in [6.07, 6.45) is 0. The zero-order chi connectivity index (χ0) is 14.2. The largest absolute Gasteiger partial charge is 0.493 e. The molecule has 0 atom stereocenters. The van der Waals surface area contributed by atoms with Gasteiger partial charge in [-0.2, -0.15) is 9.61 Å². The SMILES string of the molecule is CCOC(=O)c1cc2[nH]c(=O)c(C(C)C)c(O)n2n1. The first-order chi connectivity index (χ1) is 8.95. The highest BCUT2D eigenvalue weighted by atomic mass is 16.5. The molecule has 19 heavy (non-hydrogen) atoms. The fourth-order valence-corrected chi connectivity index (χ4v) is 1.86. The number of fused-ring (bicyclic) bond motifs is 1. The quantitative estimate of drug-likeness (QED) is 0.808. The van der Waals surface area contributed by atoms with Crippen molar-refractivity contribution >= 4 is 11.6 Å². The molecule has 2 N–H and O–H groups in total. The molecule has 0 aliphatic heterocycles.